The van der Waals surface area contributed by atoms with Gasteiger partial charge in [0.25, 0.3) is 7.82 Å². The molecule has 0 aromatic rings. The zero-order valence-electron chi connectivity index (χ0n) is 57.1. The van der Waals surface area contributed by atoms with Crippen molar-refractivity contribution in [1.29, 1.82) is 0 Å². The lowest BCUT2D eigenvalue weighted by Gasteiger charge is -2.30. The van der Waals surface area contributed by atoms with Crippen molar-refractivity contribution in [2.75, 3.05) is 40.9 Å². The number of likely N-dealkylation sites (N-methyl/N-ethyl adjacent to an activating group) is 1. The molecule has 498 valence electrons. The summed E-state index contributed by atoms with van der Waals surface area (Å²) < 4.78 is 30.5. The molecule has 0 spiro atoms. The molecule has 1 amide bonds. The molecular formula is C74H145N2O7P. The van der Waals surface area contributed by atoms with Crippen LogP contribution in [0.1, 0.15) is 387 Å². The van der Waals surface area contributed by atoms with Crippen LogP contribution in [0.15, 0.2) is 24.3 Å². The van der Waals surface area contributed by atoms with Gasteiger partial charge in [-0.25, -0.2) is 0 Å². The van der Waals surface area contributed by atoms with Crippen molar-refractivity contribution in [1.82, 2.24) is 5.32 Å². The number of unbranched alkanes of at least 4 members (excludes halogenated alkanes) is 51. The first kappa shape index (κ1) is 82.5. The molecule has 0 fully saturated rings. The van der Waals surface area contributed by atoms with E-state index in [0.717, 1.165) is 57.8 Å². The number of phosphoric acid groups is 1. The number of amides is 1. The zero-order valence-corrected chi connectivity index (χ0v) is 58.0. The highest BCUT2D eigenvalue weighted by Gasteiger charge is 2.27. The lowest BCUT2D eigenvalue weighted by atomic mass is 10.0. The second-order valence-corrected chi connectivity index (χ2v) is 28.2. The number of phosphoric ester groups is 1. The third kappa shape index (κ3) is 64.9. The summed E-state index contributed by atoms with van der Waals surface area (Å²) in [4.78, 5) is 40.2. The molecule has 0 aliphatic carbocycles. The average molecular weight is 1210 g/mol. The Kier molecular flexibility index (Phi) is 63.3. The first-order valence-electron chi connectivity index (χ1n) is 37.1. The van der Waals surface area contributed by atoms with E-state index in [9.17, 15) is 19.0 Å². The van der Waals surface area contributed by atoms with Gasteiger partial charge in [0, 0.05) is 12.8 Å². The number of allylic oxidation sites excluding steroid dienone is 3. The van der Waals surface area contributed by atoms with Crippen molar-refractivity contribution in [3.05, 3.63) is 24.3 Å². The van der Waals surface area contributed by atoms with Crippen LogP contribution in [0.2, 0.25) is 0 Å². The molecule has 0 rings (SSSR count). The standard InChI is InChI=1S/C74H145N2O7P/c1-7-10-13-16-19-22-25-28-30-32-34-36-37-38-39-41-43-45-47-49-52-55-58-61-64-67-74(78)83-72(65-62-59-56-53-50-27-24-21-18-15-12-9-3)71(70-82-84(79,80)81-69-68-76(4,5)6)75-73(77)66-63-60-57-54-51-48-46-44-42-40-35-33-31-29-26-23-20-17-14-11-8-2/h28,30,62,65,71-72H,7-27,29,31-61,63-64,66-70H2,1-6H3,(H-,75,77,79,80)/b30-28+,65-62+. The van der Waals surface area contributed by atoms with Gasteiger partial charge >= 0.3 is 5.97 Å². The number of nitrogens with one attached hydrogen (secondary N) is 1. The van der Waals surface area contributed by atoms with E-state index in [1.165, 1.54) is 295 Å². The van der Waals surface area contributed by atoms with Crippen molar-refractivity contribution < 1.29 is 37.3 Å². The largest absolute Gasteiger partial charge is 0.756 e. The molecule has 0 saturated carbocycles. The Bertz CT molecular complexity index is 1480. The quantitative estimate of drug-likeness (QED) is 0.0212. The molecular weight excluding hydrogens is 1060 g/mol. The fourth-order valence-electron chi connectivity index (χ4n) is 11.4. The minimum atomic E-state index is -4.70. The Morgan fingerprint density at radius 3 is 1.01 bits per heavy atom. The van der Waals surface area contributed by atoms with Crippen molar-refractivity contribution in [2.24, 2.45) is 0 Å². The van der Waals surface area contributed by atoms with Gasteiger partial charge in [0.1, 0.15) is 19.3 Å². The van der Waals surface area contributed by atoms with Gasteiger partial charge in [-0.2, -0.15) is 0 Å². The maximum atomic E-state index is 13.6. The van der Waals surface area contributed by atoms with Crippen molar-refractivity contribution in [3.63, 3.8) is 0 Å². The number of esters is 1. The van der Waals surface area contributed by atoms with Gasteiger partial charge in [-0.15, -0.1) is 0 Å². The van der Waals surface area contributed by atoms with E-state index in [1.807, 2.05) is 33.3 Å². The van der Waals surface area contributed by atoms with Crippen LogP contribution in [-0.2, 0) is 27.9 Å². The molecule has 0 aromatic heterocycles. The number of hydrogen-bond acceptors (Lipinski definition) is 7. The Morgan fingerprint density at radius 1 is 0.405 bits per heavy atom. The fourth-order valence-corrected chi connectivity index (χ4v) is 12.1. The van der Waals surface area contributed by atoms with Crippen LogP contribution < -0.4 is 10.2 Å². The van der Waals surface area contributed by atoms with E-state index < -0.39 is 20.0 Å². The predicted molar refractivity (Wildman–Crippen MR) is 363 cm³/mol. The van der Waals surface area contributed by atoms with Crippen molar-refractivity contribution >= 4 is 19.7 Å². The highest BCUT2D eigenvalue weighted by molar-refractivity contribution is 7.45. The Hall–Kier alpha value is -1.51. The topological polar surface area (TPSA) is 114 Å². The second-order valence-electron chi connectivity index (χ2n) is 26.8. The highest BCUT2D eigenvalue weighted by Crippen LogP contribution is 2.38. The van der Waals surface area contributed by atoms with Crippen LogP contribution in [0, 0.1) is 0 Å². The van der Waals surface area contributed by atoms with Gasteiger partial charge in [0.2, 0.25) is 5.91 Å². The van der Waals surface area contributed by atoms with Crippen LogP contribution >= 0.6 is 7.82 Å². The predicted octanol–water partition coefficient (Wildman–Crippen LogP) is 23.0. The smallest absolute Gasteiger partial charge is 0.306 e. The summed E-state index contributed by atoms with van der Waals surface area (Å²) in [6.07, 6.45) is 78.8. The maximum Gasteiger partial charge on any atom is 0.306 e. The molecule has 0 saturated heterocycles. The van der Waals surface area contributed by atoms with Gasteiger partial charge in [0.05, 0.1) is 33.8 Å². The first-order chi connectivity index (χ1) is 40.9. The summed E-state index contributed by atoms with van der Waals surface area (Å²) in [5.74, 6) is -0.515. The molecule has 10 heteroatoms. The molecule has 3 atom stereocenters. The summed E-state index contributed by atoms with van der Waals surface area (Å²) in [5, 5.41) is 3.05. The SMILES string of the molecule is CCCCCCCC/C=C/CCCCCCCCCCCCCCCCCC(=O)OC(/C=C/CCCCCCCCCCCC)C(COP(=O)([O-])OCC[N+](C)(C)C)NC(=O)CCCCCCCCCCCCCCCCCCCCCCC. The fraction of sp³-hybridized carbons (Fsp3) is 0.919. The summed E-state index contributed by atoms with van der Waals surface area (Å²) in [7, 11) is 1.21. The molecule has 9 nitrogen and oxygen atoms in total. The number of ether oxygens (including phenoxy) is 1. The maximum absolute atomic E-state index is 13.6. The number of carbonyl (C=O) groups excluding carboxylic acids is 2. The van der Waals surface area contributed by atoms with Gasteiger partial charge in [-0.05, 0) is 57.4 Å². The average Bonchev–Trinajstić information content (AvgIpc) is 3.64. The molecule has 0 aromatic carbocycles. The van der Waals surface area contributed by atoms with Crippen molar-refractivity contribution in [2.45, 2.75) is 399 Å². The van der Waals surface area contributed by atoms with E-state index >= 15 is 0 Å². The minimum absolute atomic E-state index is 0.0176. The van der Waals surface area contributed by atoms with E-state index in [0.29, 0.717) is 17.4 Å². The van der Waals surface area contributed by atoms with E-state index in [1.54, 1.807) is 0 Å². The van der Waals surface area contributed by atoms with Crippen molar-refractivity contribution in [3.8, 4) is 0 Å². The summed E-state index contributed by atoms with van der Waals surface area (Å²) in [6, 6.07) is -0.883. The Labute approximate surface area is 524 Å². The second kappa shape index (κ2) is 64.5. The Balaban J connectivity index is 4.98. The number of rotatable bonds is 69. The summed E-state index contributed by atoms with van der Waals surface area (Å²) >= 11 is 0. The lowest BCUT2D eigenvalue weighted by Crippen LogP contribution is -2.47. The third-order valence-corrected chi connectivity index (χ3v) is 18.1. The molecule has 0 heterocycles. The molecule has 0 radical (unpaired) electrons. The monoisotopic (exact) mass is 1210 g/mol. The summed E-state index contributed by atoms with van der Waals surface area (Å²) in [6.45, 7) is 6.92. The number of hydrogen-bond donors (Lipinski definition) is 1. The van der Waals surface area contributed by atoms with Crippen LogP contribution in [0.25, 0.3) is 0 Å². The Morgan fingerprint density at radius 2 is 0.690 bits per heavy atom. The minimum Gasteiger partial charge on any atom is -0.756 e. The lowest BCUT2D eigenvalue weighted by molar-refractivity contribution is -0.870. The first-order valence-corrected chi connectivity index (χ1v) is 38.6. The van der Waals surface area contributed by atoms with Gasteiger partial charge in [-0.1, -0.05) is 341 Å². The van der Waals surface area contributed by atoms with Gasteiger partial charge in [0.15, 0.2) is 0 Å². The zero-order chi connectivity index (χ0) is 61.4. The van der Waals surface area contributed by atoms with Gasteiger partial charge in [-0.3, -0.25) is 14.2 Å². The molecule has 0 aliphatic heterocycles. The van der Waals surface area contributed by atoms with Crippen LogP contribution in [0.4, 0.5) is 0 Å². The summed E-state index contributed by atoms with van der Waals surface area (Å²) in [5.41, 5.74) is 0. The van der Waals surface area contributed by atoms with E-state index in [-0.39, 0.29) is 31.5 Å². The van der Waals surface area contributed by atoms with Crippen LogP contribution in [0.3, 0.4) is 0 Å². The van der Waals surface area contributed by atoms with Crippen LogP contribution in [0.5, 0.6) is 0 Å². The van der Waals surface area contributed by atoms with E-state index in [4.69, 9.17) is 13.8 Å². The molecule has 1 N–H and O–H groups in total. The molecule has 0 bridgehead atoms. The highest BCUT2D eigenvalue weighted by atomic mass is 31.2. The van der Waals surface area contributed by atoms with E-state index in [2.05, 4.69) is 38.2 Å². The number of nitrogens with zero attached hydrogens (tertiary/aromatic N) is 1. The third-order valence-electron chi connectivity index (χ3n) is 17.1. The van der Waals surface area contributed by atoms with Crippen LogP contribution in [-0.4, -0.2) is 69.4 Å². The molecule has 3 unspecified atom stereocenters. The number of quaternary nitrogens is 1. The molecule has 0 aliphatic rings. The van der Waals surface area contributed by atoms with Gasteiger partial charge < -0.3 is 28.5 Å². The molecule has 84 heavy (non-hydrogen) atoms. The normalized spacial score (nSPS) is 13.6. The number of carbonyl (C=O) groups is 2.